The third-order valence-corrected chi connectivity index (χ3v) is 4.94. The molecule has 0 radical (unpaired) electrons. The molecule has 1 N–H and O–H groups in total. The summed E-state index contributed by atoms with van der Waals surface area (Å²) in [5, 5.41) is 10.5. The van der Waals surface area contributed by atoms with Crippen molar-refractivity contribution in [2.45, 2.75) is 38.4 Å². The first kappa shape index (κ1) is 13.5. The van der Waals surface area contributed by atoms with Gasteiger partial charge in [0.1, 0.15) is 6.10 Å². The van der Waals surface area contributed by atoms with Crippen molar-refractivity contribution in [2.24, 2.45) is 0 Å². The summed E-state index contributed by atoms with van der Waals surface area (Å²) in [4.78, 5) is 0. The van der Waals surface area contributed by atoms with Gasteiger partial charge >= 0.3 is 0 Å². The Morgan fingerprint density at radius 2 is 2.06 bits per heavy atom. The van der Waals surface area contributed by atoms with Gasteiger partial charge in [-0.2, -0.15) is 0 Å². The fourth-order valence-electron chi connectivity index (χ4n) is 2.22. The molecular weight excluding hydrogens is 348 g/mol. The molecule has 2 unspecified atom stereocenters. The Morgan fingerprint density at radius 3 is 2.65 bits per heavy atom. The van der Waals surface area contributed by atoms with Gasteiger partial charge in [0.25, 0.3) is 0 Å². The molecule has 0 aromatic heterocycles. The monoisotopic (exact) mass is 362 g/mol. The van der Waals surface area contributed by atoms with Crippen molar-refractivity contribution in [2.75, 3.05) is 6.61 Å². The van der Waals surface area contributed by atoms with E-state index >= 15 is 0 Å². The fraction of sp³-hybridized carbons (Fsp3) is 0.538. The Kier molecular flexibility index (Phi) is 3.98. The predicted molar refractivity (Wildman–Crippen MR) is 75.1 cm³/mol. The highest BCUT2D eigenvalue weighted by Gasteiger charge is 2.39. The molecule has 0 amide bonds. The molecule has 1 aromatic carbocycles. The number of ether oxygens (including phenoxy) is 1. The van der Waals surface area contributed by atoms with Gasteiger partial charge in [0, 0.05) is 15.6 Å². The lowest BCUT2D eigenvalue weighted by molar-refractivity contribution is -0.0799. The van der Waals surface area contributed by atoms with Crippen LogP contribution in [0.4, 0.5) is 0 Å². The van der Waals surface area contributed by atoms with Crippen LogP contribution in [0, 0.1) is 6.92 Å². The number of benzene rings is 1. The molecule has 1 aliphatic heterocycles. The Balaban J connectivity index is 2.36. The Morgan fingerprint density at radius 1 is 1.35 bits per heavy atom. The van der Waals surface area contributed by atoms with E-state index in [-0.39, 0.29) is 0 Å². The lowest BCUT2D eigenvalue weighted by Gasteiger charge is -2.30. The highest BCUT2D eigenvalue weighted by atomic mass is 79.9. The van der Waals surface area contributed by atoms with E-state index in [9.17, 15) is 5.11 Å². The summed E-state index contributed by atoms with van der Waals surface area (Å²) < 4.78 is 7.64. The maximum atomic E-state index is 10.5. The van der Waals surface area contributed by atoms with Crippen molar-refractivity contribution in [1.82, 2.24) is 0 Å². The number of hydrogen-bond acceptors (Lipinski definition) is 2. The normalized spacial score (nSPS) is 26.2. The predicted octanol–water partition coefficient (Wildman–Crippen LogP) is 4.12. The van der Waals surface area contributed by atoms with Crippen LogP contribution in [0.3, 0.4) is 0 Å². The van der Waals surface area contributed by atoms with Crippen LogP contribution in [0.5, 0.6) is 0 Å². The van der Waals surface area contributed by atoms with Crippen molar-refractivity contribution in [3.63, 3.8) is 0 Å². The summed E-state index contributed by atoms with van der Waals surface area (Å²) >= 11 is 7.02. The Bertz CT molecular complexity index is 426. The van der Waals surface area contributed by atoms with Gasteiger partial charge in [0.05, 0.1) is 5.60 Å². The van der Waals surface area contributed by atoms with Crippen molar-refractivity contribution < 1.29 is 9.84 Å². The van der Waals surface area contributed by atoms with Crippen molar-refractivity contribution in [3.8, 4) is 0 Å². The van der Waals surface area contributed by atoms with Gasteiger partial charge in [-0.05, 0) is 49.9 Å². The summed E-state index contributed by atoms with van der Waals surface area (Å²) in [6.45, 7) is 4.74. The third kappa shape index (κ3) is 2.60. The minimum Gasteiger partial charge on any atom is -0.385 e. The maximum absolute atomic E-state index is 10.5. The Labute approximate surface area is 119 Å². The first-order chi connectivity index (χ1) is 7.94. The second kappa shape index (κ2) is 5.00. The summed E-state index contributed by atoms with van der Waals surface area (Å²) in [5.74, 6) is 0. The van der Waals surface area contributed by atoms with Crippen molar-refractivity contribution in [1.29, 1.82) is 0 Å². The van der Waals surface area contributed by atoms with Gasteiger partial charge < -0.3 is 9.84 Å². The van der Waals surface area contributed by atoms with Crippen LogP contribution >= 0.6 is 31.9 Å². The number of halogens is 2. The lowest BCUT2D eigenvalue weighted by atomic mass is 9.90. The van der Waals surface area contributed by atoms with E-state index in [0.29, 0.717) is 0 Å². The molecule has 0 saturated carbocycles. The minimum atomic E-state index is -0.601. The molecule has 1 heterocycles. The van der Waals surface area contributed by atoms with Gasteiger partial charge in [0.2, 0.25) is 0 Å². The molecule has 1 aromatic rings. The van der Waals surface area contributed by atoms with Crippen LogP contribution in [-0.4, -0.2) is 17.3 Å². The van der Waals surface area contributed by atoms with E-state index in [2.05, 4.69) is 31.9 Å². The molecule has 94 valence electrons. The zero-order valence-corrected chi connectivity index (χ0v) is 13.1. The SMILES string of the molecule is Cc1cc(Br)c(C(O)C2(C)CCCO2)cc1Br. The molecule has 2 nitrogen and oxygen atoms in total. The second-order valence-corrected chi connectivity index (χ2v) is 6.50. The average molecular weight is 364 g/mol. The number of rotatable bonds is 2. The highest BCUT2D eigenvalue weighted by Crippen LogP contribution is 2.41. The summed E-state index contributed by atoms with van der Waals surface area (Å²) in [6, 6.07) is 3.98. The summed E-state index contributed by atoms with van der Waals surface area (Å²) in [5.41, 5.74) is 1.56. The van der Waals surface area contributed by atoms with E-state index in [1.807, 2.05) is 26.0 Å². The quantitative estimate of drug-likeness (QED) is 0.856. The minimum absolute atomic E-state index is 0.461. The topological polar surface area (TPSA) is 29.5 Å². The van der Waals surface area contributed by atoms with E-state index in [1.165, 1.54) is 0 Å². The van der Waals surface area contributed by atoms with Crippen LogP contribution in [0.1, 0.15) is 37.0 Å². The van der Waals surface area contributed by atoms with Crippen LogP contribution < -0.4 is 0 Å². The van der Waals surface area contributed by atoms with Gasteiger partial charge in [-0.25, -0.2) is 0 Å². The molecule has 2 rings (SSSR count). The molecule has 4 heteroatoms. The third-order valence-electron chi connectivity index (χ3n) is 3.40. The standard InChI is InChI=1S/C13H16Br2O2/c1-8-6-11(15)9(7-10(8)14)12(16)13(2)4-3-5-17-13/h6-7,12,16H,3-5H2,1-2H3. The highest BCUT2D eigenvalue weighted by molar-refractivity contribution is 9.11. The summed E-state index contributed by atoms with van der Waals surface area (Å²) in [6.07, 6.45) is 1.31. The summed E-state index contributed by atoms with van der Waals surface area (Å²) in [7, 11) is 0. The number of aliphatic hydroxyl groups excluding tert-OH is 1. The van der Waals surface area contributed by atoms with Crippen molar-refractivity contribution in [3.05, 3.63) is 32.2 Å². The zero-order valence-electron chi connectivity index (χ0n) is 9.96. The van der Waals surface area contributed by atoms with Crippen LogP contribution in [0.25, 0.3) is 0 Å². The van der Waals surface area contributed by atoms with Gasteiger partial charge in [-0.3, -0.25) is 0 Å². The molecule has 1 aliphatic rings. The molecule has 1 fully saturated rings. The first-order valence-corrected chi connectivity index (χ1v) is 7.30. The van der Waals surface area contributed by atoms with E-state index in [1.54, 1.807) is 0 Å². The van der Waals surface area contributed by atoms with Crippen molar-refractivity contribution >= 4 is 31.9 Å². The molecule has 0 spiro atoms. The maximum Gasteiger partial charge on any atom is 0.109 e. The molecule has 17 heavy (non-hydrogen) atoms. The lowest BCUT2D eigenvalue weighted by Crippen LogP contribution is -2.32. The zero-order chi connectivity index (χ0) is 12.6. The fourth-order valence-corrected chi connectivity index (χ4v) is 3.25. The van der Waals surface area contributed by atoms with Crippen LogP contribution in [0.2, 0.25) is 0 Å². The van der Waals surface area contributed by atoms with E-state index in [4.69, 9.17) is 4.74 Å². The van der Waals surface area contributed by atoms with E-state index in [0.717, 1.165) is 39.5 Å². The van der Waals surface area contributed by atoms with Gasteiger partial charge in [0.15, 0.2) is 0 Å². The molecular formula is C13H16Br2O2. The molecule has 0 bridgehead atoms. The Hall–Kier alpha value is 0.1000. The smallest absolute Gasteiger partial charge is 0.109 e. The number of hydrogen-bond donors (Lipinski definition) is 1. The number of aliphatic hydroxyl groups is 1. The molecule has 2 atom stereocenters. The second-order valence-electron chi connectivity index (χ2n) is 4.79. The molecule has 0 aliphatic carbocycles. The average Bonchev–Trinajstić information content (AvgIpc) is 2.71. The first-order valence-electron chi connectivity index (χ1n) is 5.71. The van der Waals surface area contributed by atoms with Crippen LogP contribution in [0.15, 0.2) is 21.1 Å². The van der Waals surface area contributed by atoms with Gasteiger partial charge in [-0.1, -0.05) is 31.9 Å². The van der Waals surface area contributed by atoms with Crippen LogP contribution in [-0.2, 0) is 4.74 Å². The largest absolute Gasteiger partial charge is 0.385 e. The van der Waals surface area contributed by atoms with Gasteiger partial charge in [-0.15, -0.1) is 0 Å². The van der Waals surface area contributed by atoms with E-state index < -0.39 is 11.7 Å². The number of aryl methyl sites for hydroxylation is 1. The molecule has 1 saturated heterocycles.